The molecular weight excluding hydrogens is 569 g/mol. The number of hydrogen-bond donors (Lipinski definition) is 0. The van der Waals surface area contributed by atoms with Gasteiger partial charge in [-0.05, 0) is 45.5 Å². The molecule has 4 nitrogen and oxygen atoms in total. The minimum Gasteiger partial charge on any atom is -0.263 e. The van der Waals surface area contributed by atoms with Gasteiger partial charge in [0.1, 0.15) is 0 Å². The third-order valence-corrected chi connectivity index (χ3v) is 9.60. The highest BCUT2D eigenvalue weighted by atomic mass is 32.1. The molecule has 210 valence electrons. The minimum atomic E-state index is 0.648. The summed E-state index contributed by atoms with van der Waals surface area (Å²) in [6.07, 6.45) is 3.84. The monoisotopic (exact) mass is 592 g/mol. The lowest BCUT2D eigenvalue weighted by Crippen LogP contribution is -2.00. The molecule has 0 spiro atoms. The highest BCUT2D eigenvalue weighted by Gasteiger charge is 2.17. The van der Waals surface area contributed by atoms with Crippen molar-refractivity contribution in [3.8, 4) is 45.3 Å². The number of thiophene rings is 1. The Bertz CT molecular complexity index is 2480. The molecule has 45 heavy (non-hydrogen) atoms. The maximum absolute atomic E-state index is 5.04. The van der Waals surface area contributed by atoms with Crippen LogP contribution in [0.3, 0.4) is 0 Å². The van der Waals surface area contributed by atoms with Crippen LogP contribution in [-0.2, 0) is 0 Å². The van der Waals surface area contributed by atoms with E-state index in [2.05, 4.69) is 77.8 Å². The average Bonchev–Trinajstić information content (AvgIpc) is 3.51. The van der Waals surface area contributed by atoms with E-state index in [-0.39, 0.29) is 0 Å². The first-order valence-electron chi connectivity index (χ1n) is 14.9. The average molecular weight is 593 g/mol. The Kier molecular flexibility index (Phi) is 5.96. The Morgan fingerprint density at radius 1 is 0.422 bits per heavy atom. The summed E-state index contributed by atoms with van der Waals surface area (Å²) in [6.45, 7) is 0. The van der Waals surface area contributed by atoms with Crippen molar-refractivity contribution in [2.24, 2.45) is 0 Å². The van der Waals surface area contributed by atoms with Crippen LogP contribution in [0.4, 0.5) is 0 Å². The first kappa shape index (κ1) is 25.7. The van der Waals surface area contributed by atoms with Crippen molar-refractivity contribution in [2.75, 3.05) is 0 Å². The van der Waals surface area contributed by atoms with Crippen molar-refractivity contribution in [2.45, 2.75) is 0 Å². The summed E-state index contributed by atoms with van der Waals surface area (Å²) < 4.78 is 2.49. The van der Waals surface area contributed by atoms with Gasteiger partial charge in [0.25, 0.3) is 0 Å². The maximum Gasteiger partial charge on any atom is 0.164 e. The molecule has 0 unspecified atom stereocenters. The SMILES string of the molecule is c1ccc(-c2nc(-c3ccccc3)nc(-c3cc(-c4cccc5c4ccc4c6ccncc6sc54)c4ccccc4c3)n2)cc1. The van der Waals surface area contributed by atoms with Crippen molar-refractivity contribution < 1.29 is 0 Å². The number of fused-ring (bicyclic) bond motifs is 6. The molecule has 0 radical (unpaired) electrons. The van der Waals surface area contributed by atoms with E-state index in [0.717, 1.165) is 27.6 Å². The lowest BCUT2D eigenvalue weighted by Gasteiger charge is -2.14. The normalized spacial score (nSPS) is 11.6. The first-order chi connectivity index (χ1) is 22.3. The van der Waals surface area contributed by atoms with Crippen molar-refractivity contribution >= 4 is 53.1 Å². The van der Waals surface area contributed by atoms with Crippen LogP contribution in [0.5, 0.6) is 0 Å². The van der Waals surface area contributed by atoms with Gasteiger partial charge in [-0.15, -0.1) is 11.3 Å². The predicted octanol–water partition coefficient (Wildman–Crippen LogP) is 10.6. The second kappa shape index (κ2) is 10.4. The van der Waals surface area contributed by atoms with Crippen LogP contribution in [0.2, 0.25) is 0 Å². The zero-order valence-electron chi connectivity index (χ0n) is 24.1. The summed E-state index contributed by atoms with van der Waals surface area (Å²) in [5.41, 5.74) is 5.20. The molecule has 0 fully saturated rings. The summed E-state index contributed by atoms with van der Waals surface area (Å²) in [6, 6.07) is 46.5. The van der Waals surface area contributed by atoms with Gasteiger partial charge >= 0.3 is 0 Å². The standard InChI is InChI=1S/C40H24N4S/c1-3-10-25(11-4-1)38-42-39(26-12-5-2-6-13-26)44-40(43-38)28-22-27-14-7-8-15-29(27)35(23-28)30-16-9-17-33-31(30)18-19-34-32-20-21-41-24-36(32)45-37(33)34/h1-24H. The summed E-state index contributed by atoms with van der Waals surface area (Å²) in [4.78, 5) is 19.4. The highest BCUT2D eigenvalue weighted by Crippen LogP contribution is 2.42. The number of nitrogens with zero attached hydrogens (tertiary/aromatic N) is 4. The molecule has 0 bridgehead atoms. The van der Waals surface area contributed by atoms with E-state index in [1.807, 2.05) is 84.4 Å². The zero-order chi connectivity index (χ0) is 29.7. The molecule has 3 aromatic heterocycles. The molecule has 0 saturated heterocycles. The van der Waals surface area contributed by atoms with Crippen LogP contribution in [0.1, 0.15) is 0 Å². The van der Waals surface area contributed by atoms with E-state index < -0.39 is 0 Å². The molecule has 0 aliphatic rings. The predicted molar refractivity (Wildman–Crippen MR) is 187 cm³/mol. The molecule has 0 aliphatic carbocycles. The van der Waals surface area contributed by atoms with Crippen LogP contribution >= 0.6 is 11.3 Å². The molecule has 0 atom stereocenters. The fourth-order valence-electron chi connectivity index (χ4n) is 6.28. The van der Waals surface area contributed by atoms with Crippen LogP contribution in [-0.4, -0.2) is 19.9 Å². The van der Waals surface area contributed by atoms with E-state index in [9.17, 15) is 0 Å². The summed E-state index contributed by atoms with van der Waals surface area (Å²) in [5, 5.41) is 7.32. The Labute approximate surface area is 263 Å². The molecule has 5 heteroatoms. The summed E-state index contributed by atoms with van der Waals surface area (Å²) in [5.74, 6) is 1.95. The molecule has 9 rings (SSSR count). The van der Waals surface area contributed by atoms with E-state index in [1.54, 1.807) is 0 Å². The molecule has 3 heterocycles. The van der Waals surface area contributed by atoms with Crippen LogP contribution < -0.4 is 0 Å². The smallest absolute Gasteiger partial charge is 0.164 e. The second-order valence-electron chi connectivity index (χ2n) is 11.1. The van der Waals surface area contributed by atoms with Crippen molar-refractivity contribution in [3.63, 3.8) is 0 Å². The first-order valence-corrected chi connectivity index (χ1v) is 15.7. The van der Waals surface area contributed by atoms with Crippen LogP contribution in [0.25, 0.3) is 87.0 Å². The maximum atomic E-state index is 5.04. The largest absolute Gasteiger partial charge is 0.263 e. The second-order valence-corrected chi connectivity index (χ2v) is 12.2. The molecule has 0 N–H and O–H groups in total. The lowest BCUT2D eigenvalue weighted by atomic mass is 9.91. The molecule has 6 aromatic carbocycles. The minimum absolute atomic E-state index is 0.648. The molecule has 0 amide bonds. The van der Waals surface area contributed by atoms with E-state index in [4.69, 9.17) is 15.0 Å². The fraction of sp³-hybridized carbons (Fsp3) is 0. The Morgan fingerprint density at radius 3 is 1.80 bits per heavy atom. The van der Waals surface area contributed by atoms with Crippen molar-refractivity contribution in [3.05, 3.63) is 146 Å². The van der Waals surface area contributed by atoms with Gasteiger partial charge in [0.05, 0.1) is 4.70 Å². The van der Waals surface area contributed by atoms with Gasteiger partial charge in [0.15, 0.2) is 17.5 Å². The topological polar surface area (TPSA) is 51.6 Å². The van der Waals surface area contributed by atoms with Crippen LogP contribution in [0, 0.1) is 0 Å². The van der Waals surface area contributed by atoms with Crippen molar-refractivity contribution in [1.82, 2.24) is 19.9 Å². The molecule has 9 aromatic rings. The quantitative estimate of drug-likeness (QED) is 0.204. The summed E-state index contributed by atoms with van der Waals surface area (Å²) >= 11 is 1.81. The van der Waals surface area contributed by atoms with Gasteiger partial charge in [-0.3, -0.25) is 4.98 Å². The van der Waals surface area contributed by atoms with E-state index in [1.165, 1.54) is 41.9 Å². The number of pyridine rings is 1. The Morgan fingerprint density at radius 2 is 1.04 bits per heavy atom. The zero-order valence-corrected chi connectivity index (χ0v) is 24.9. The Hall–Kier alpha value is -5.78. The Balaban J connectivity index is 1.30. The molecule has 0 saturated carbocycles. The van der Waals surface area contributed by atoms with Gasteiger partial charge in [-0.25, -0.2) is 15.0 Å². The van der Waals surface area contributed by atoms with E-state index >= 15 is 0 Å². The molecule has 0 aliphatic heterocycles. The number of rotatable bonds is 4. The van der Waals surface area contributed by atoms with Gasteiger partial charge in [-0.1, -0.05) is 115 Å². The molecular formula is C40H24N4S. The van der Waals surface area contributed by atoms with Gasteiger partial charge < -0.3 is 0 Å². The number of benzene rings is 6. The fourth-order valence-corrected chi connectivity index (χ4v) is 7.48. The lowest BCUT2D eigenvalue weighted by molar-refractivity contribution is 1.07. The summed E-state index contributed by atoms with van der Waals surface area (Å²) in [7, 11) is 0. The van der Waals surface area contributed by atoms with Crippen LogP contribution in [0.15, 0.2) is 146 Å². The van der Waals surface area contributed by atoms with Gasteiger partial charge in [0, 0.05) is 49.9 Å². The van der Waals surface area contributed by atoms with E-state index in [0.29, 0.717) is 17.5 Å². The van der Waals surface area contributed by atoms with Gasteiger partial charge in [0.2, 0.25) is 0 Å². The number of aromatic nitrogens is 4. The third-order valence-electron chi connectivity index (χ3n) is 8.41. The number of hydrogen-bond acceptors (Lipinski definition) is 5. The third kappa shape index (κ3) is 4.36. The highest BCUT2D eigenvalue weighted by molar-refractivity contribution is 7.26. The van der Waals surface area contributed by atoms with Crippen molar-refractivity contribution in [1.29, 1.82) is 0 Å². The van der Waals surface area contributed by atoms with Gasteiger partial charge in [-0.2, -0.15) is 0 Å².